The van der Waals surface area contributed by atoms with Crippen molar-refractivity contribution in [1.82, 2.24) is 0 Å². The lowest BCUT2D eigenvalue weighted by Gasteiger charge is -2.53. The summed E-state index contributed by atoms with van der Waals surface area (Å²) in [5.74, 6) is 0.754. The van der Waals surface area contributed by atoms with Crippen molar-refractivity contribution in [3.63, 3.8) is 0 Å². The van der Waals surface area contributed by atoms with E-state index in [4.69, 9.17) is 0 Å². The van der Waals surface area contributed by atoms with Crippen molar-refractivity contribution in [2.75, 3.05) is 0 Å². The Labute approximate surface area is 193 Å². The van der Waals surface area contributed by atoms with Gasteiger partial charge in [-0.15, -0.1) is 11.3 Å². The number of hydrogen-bond donors (Lipinski definition) is 0. The van der Waals surface area contributed by atoms with E-state index in [1.54, 1.807) is 5.56 Å². The van der Waals surface area contributed by atoms with Gasteiger partial charge in [0.25, 0.3) is 0 Å². The smallest absolute Gasteiger partial charge is 0.0368 e. The van der Waals surface area contributed by atoms with Crippen molar-refractivity contribution >= 4 is 11.3 Å². The van der Waals surface area contributed by atoms with Gasteiger partial charge in [-0.2, -0.15) is 0 Å². The van der Waals surface area contributed by atoms with Gasteiger partial charge in [-0.05, 0) is 66.8 Å². The van der Waals surface area contributed by atoms with Crippen LogP contribution in [-0.2, 0) is 10.8 Å². The molecule has 31 heavy (non-hydrogen) atoms. The van der Waals surface area contributed by atoms with Crippen LogP contribution in [0.3, 0.4) is 0 Å². The van der Waals surface area contributed by atoms with Gasteiger partial charge in [-0.1, -0.05) is 100 Å². The lowest BCUT2D eigenvalue weighted by molar-refractivity contribution is 0.223. The van der Waals surface area contributed by atoms with Gasteiger partial charge in [0.15, 0.2) is 0 Å². The fourth-order valence-electron chi connectivity index (χ4n) is 6.03. The predicted molar refractivity (Wildman–Crippen MR) is 137 cm³/mol. The minimum atomic E-state index is -0.0387. The zero-order valence-electron chi connectivity index (χ0n) is 20.2. The Morgan fingerprint density at radius 2 is 1.52 bits per heavy atom. The third-order valence-corrected chi connectivity index (χ3v) is 9.22. The largest absolute Gasteiger partial charge is 0.148 e. The number of unbranched alkanes of at least 4 members (excludes halogenated alkanes) is 1. The Bertz CT molecular complexity index is 1040. The molecular weight excluding hydrogens is 392 g/mol. The molecule has 1 aromatic heterocycles. The van der Waals surface area contributed by atoms with Gasteiger partial charge in [0.1, 0.15) is 0 Å². The first-order valence-corrected chi connectivity index (χ1v) is 13.0. The highest BCUT2D eigenvalue weighted by atomic mass is 32.1. The molecular formula is C30H38S. The van der Waals surface area contributed by atoms with E-state index in [0.717, 1.165) is 5.92 Å². The molecule has 1 heteroatoms. The van der Waals surface area contributed by atoms with E-state index in [-0.39, 0.29) is 10.8 Å². The van der Waals surface area contributed by atoms with Crippen molar-refractivity contribution in [2.45, 2.75) is 84.5 Å². The molecule has 0 radical (unpaired) electrons. The first kappa shape index (κ1) is 22.3. The highest BCUT2D eigenvalue weighted by Crippen LogP contribution is 2.60. The number of benzene rings is 2. The van der Waals surface area contributed by atoms with E-state index in [1.807, 2.05) is 11.3 Å². The van der Waals surface area contributed by atoms with Crippen LogP contribution >= 0.6 is 11.3 Å². The number of rotatable bonds is 7. The molecule has 0 fully saturated rings. The van der Waals surface area contributed by atoms with Crippen LogP contribution in [0.5, 0.6) is 0 Å². The molecule has 0 bridgehead atoms. The molecule has 2 aromatic carbocycles. The molecule has 0 saturated heterocycles. The van der Waals surface area contributed by atoms with Crippen LogP contribution in [0.4, 0.5) is 0 Å². The molecule has 164 valence electrons. The molecule has 0 spiro atoms. The summed E-state index contributed by atoms with van der Waals surface area (Å²) in [6.45, 7) is 14.3. The molecule has 3 unspecified atom stereocenters. The van der Waals surface area contributed by atoms with Gasteiger partial charge in [-0.25, -0.2) is 0 Å². The van der Waals surface area contributed by atoms with E-state index in [2.05, 4.69) is 95.5 Å². The summed E-state index contributed by atoms with van der Waals surface area (Å²) in [4.78, 5) is 1.50. The van der Waals surface area contributed by atoms with Gasteiger partial charge < -0.3 is 0 Å². The van der Waals surface area contributed by atoms with Gasteiger partial charge >= 0.3 is 0 Å². The minimum absolute atomic E-state index is 0.0387. The van der Waals surface area contributed by atoms with Crippen LogP contribution in [0.25, 0.3) is 11.1 Å². The SMILES string of the molecule is CCCCC(CC)CC1(C)c2cc(C)ccc2-c2ccc(C)cc2C1(C)c1cccs1. The van der Waals surface area contributed by atoms with E-state index in [1.165, 1.54) is 64.8 Å². The highest BCUT2D eigenvalue weighted by molar-refractivity contribution is 7.10. The Hall–Kier alpha value is -1.86. The molecule has 0 N–H and O–H groups in total. The van der Waals surface area contributed by atoms with Gasteiger partial charge in [0, 0.05) is 15.7 Å². The number of hydrogen-bond acceptors (Lipinski definition) is 1. The van der Waals surface area contributed by atoms with Crippen molar-refractivity contribution in [3.8, 4) is 11.1 Å². The van der Waals surface area contributed by atoms with Gasteiger partial charge in [0.05, 0.1) is 0 Å². The zero-order chi connectivity index (χ0) is 22.2. The maximum atomic E-state index is 2.57. The summed E-state index contributed by atoms with van der Waals surface area (Å²) in [6, 6.07) is 18.9. The lowest BCUT2D eigenvalue weighted by atomic mass is 9.50. The molecule has 0 nitrogen and oxygen atoms in total. The van der Waals surface area contributed by atoms with E-state index in [9.17, 15) is 0 Å². The van der Waals surface area contributed by atoms with E-state index < -0.39 is 0 Å². The van der Waals surface area contributed by atoms with Gasteiger partial charge in [-0.3, -0.25) is 0 Å². The summed E-state index contributed by atoms with van der Waals surface area (Å²) < 4.78 is 0. The molecule has 0 amide bonds. The normalized spacial score (nSPS) is 23.3. The van der Waals surface area contributed by atoms with Crippen LogP contribution in [0.1, 0.15) is 86.9 Å². The first-order valence-electron chi connectivity index (χ1n) is 12.1. The third-order valence-electron chi connectivity index (χ3n) is 8.13. The van der Waals surface area contributed by atoms with Crippen LogP contribution < -0.4 is 0 Å². The topological polar surface area (TPSA) is 0 Å². The lowest BCUT2D eigenvalue weighted by Crippen LogP contribution is -2.49. The Morgan fingerprint density at radius 1 is 0.871 bits per heavy atom. The summed E-state index contributed by atoms with van der Waals surface area (Å²) in [5.41, 5.74) is 8.68. The molecule has 3 atom stereocenters. The average Bonchev–Trinajstić information content (AvgIpc) is 3.30. The molecule has 1 heterocycles. The number of fused-ring (bicyclic) bond motifs is 3. The molecule has 4 rings (SSSR count). The van der Waals surface area contributed by atoms with Crippen LogP contribution in [-0.4, -0.2) is 0 Å². The predicted octanol–water partition coefficient (Wildman–Crippen LogP) is 9.22. The summed E-state index contributed by atoms with van der Waals surface area (Å²) in [6.07, 6.45) is 6.46. The minimum Gasteiger partial charge on any atom is -0.148 e. The zero-order valence-corrected chi connectivity index (χ0v) is 21.0. The fraction of sp³-hybridized carbons (Fsp3) is 0.467. The van der Waals surface area contributed by atoms with Gasteiger partial charge in [0.2, 0.25) is 0 Å². The Kier molecular flexibility index (Phi) is 6.19. The van der Waals surface area contributed by atoms with E-state index in [0.29, 0.717) is 0 Å². The Balaban J connectivity index is 2.01. The van der Waals surface area contributed by atoms with Crippen molar-refractivity contribution < 1.29 is 0 Å². The molecule has 0 saturated carbocycles. The molecule has 1 aliphatic carbocycles. The molecule has 0 aliphatic heterocycles. The fourth-order valence-corrected chi connectivity index (χ4v) is 7.06. The first-order chi connectivity index (χ1) is 14.8. The quantitative estimate of drug-likeness (QED) is 0.350. The summed E-state index contributed by atoms with van der Waals surface area (Å²) in [7, 11) is 0. The maximum Gasteiger partial charge on any atom is 0.0368 e. The second-order valence-corrected chi connectivity index (χ2v) is 11.1. The van der Waals surface area contributed by atoms with E-state index >= 15 is 0 Å². The van der Waals surface area contributed by atoms with Crippen LogP contribution in [0.2, 0.25) is 0 Å². The maximum absolute atomic E-state index is 2.57. The summed E-state index contributed by atoms with van der Waals surface area (Å²) >= 11 is 1.93. The number of thiophene rings is 1. The third kappa shape index (κ3) is 3.59. The highest BCUT2D eigenvalue weighted by Gasteiger charge is 2.53. The monoisotopic (exact) mass is 430 g/mol. The average molecular weight is 431 g/mol. The molecule has 1 aliphatic rings. The summed E-state index contributed by atoms with van der Waals surface area (Å²) in [5, 5.41) is 2.26. The van der Waals surface area contributed by atoms with Crippen LogP contribution in [0.15, 0.2) is 53.9 Å². The second kappa shape index (κ2) is 8.58. The standard InChI is InChI=1S/C30H38S/c1-7-9-11-23(8-2)20-29(5)26-18-21(3)13-15-24(26)25-16-14-22(4)19-27(25)30(29,6)28-12-10-17-31-28/h10,12-19,23H,7-9,11,20H2,1-6H3. The van der Waals surface area contributed by atoms with Crippen molar-refractivity contribution in [2.24, 2.45) is 5.92 Å². The second-order valence-electron chi connectivity index (χ2n) is 10.2. The van der Waals surface area contributed by atoms with Crippen molar-refractivity contribution in [1.29, 1.82) is 0 Å². The van der Waals surface area contributed by atoms with Crippen LogP contribution in [0, 0.1) is 19.8 Å². The van der Waals surface area contributed by atoms with Crippen molar-refractivity contribution in [3.05, 3.63) is 81.0 Å². The molecule has 3 aromatic rings. The number of aryl methyl sites for hydroxylation is 2. The Morgan fingerprint density at radius 3 is 2.10 bits per heavy atom.